The number of nitrogens with zero attached hydrogens (tertiary/aromatic N) is 2. The van der Waals surface area contributed by atoms with Crippen LogP contribution in [0.25, 0.3) is 5.76 Å². The van der Waals surface area contributed by atoms with Crippen molar-refractivity contribution in [2.24, 2.45) is 0 Å². The third-order valence-electron chi connectivity index (χ3n) is 6.40. The highest BCUT2D eigenvalue weighted by Crippen LogP contribution is 2.45. The van der Waals surface area contributed by atoms with Crippen molar-refractivity contribution in [2.45, 2.75) is 26.3 Å². The van der Waals surface area contributed by atoms with Crippen LogP contribution in [0.4, 0.5) is 0 Å². The van der Waals surface area contributed by atoms with E-state index < -0.39 is 23.5 Å². The fourth-order valence-electron chi connectivity index (χ4n) is 4.47. The third kappa shape index (κ3) is 5.24. The van der Waals surface area contributed by atoms with Gasteiger partial charge < -0.3 is 29.1 Å². The van der Waals surface area contributed by atoms with Crippen molar-refractivity contribution in [1.82, 2.24) is 9.88 Å². The van der Waals surface area contributed by atoms with Crippen molar-refractivity contribution in [1.29, 1.82) is 0 Å². The number of quaternary nitrogens is 1. The number of Topliss-reactive ketones (excluding diaryl/α,β-unsaturated/α-hetero) is 1. The molecule has 1 saturated heterocycles. The average Bonchev–Trinajstić information content (AvgIpc) is 3.15. The number of ketones is 1. The lowest BCUT2D eigenvalue weighted by molar-refractivity contribution is -0.896. The molecule has 0 aliphatic carbocycles. The van der Waals surface area contributed by atoms with Crippen LogP contribution in [0.5, 0.6) is 17.2 Å². The average molecular weight is 484 g/mol. The molecule has 9 heteroatoms. The van der Waals surface area contributed by atoms with Gasteiger partial charge in [0, 0.05) is 30.9 Å². The molecule has 1 aromatic carbocycles. The van der Waals surface area contributed by atoms with Gasteiger partial charge in [-0.05, 0) is 49.2 Å². The van der Waals surface area contributed by atoms with Gasteiger partial charge in [0.1, 0.15) is 0 Å². The van der Waals surface area contributed by atoms with Crippen LogP contribution in [0.1, 0.15) is 37.4 Å². The predicted octanol–water partition coefficient (Wildman–Crippen LogP) is 0.646. The van der Waals surface area contributed by atoms with Gasteiger partial charge in [-0.15, -0.1) is 0 Å². The molecule has 0 bridgehead atoms. The molecule has 188 valence electrons. The highest BCUT2D eigenvalue weighted by Gasteiger charge is 2.44. The standard InChI is InChI=1S/C26H33N3O6/c1-6-28(7-2)13-8-14-29-22(18-15-19(33-3)25(35-5)20(16-18)34-4)21(24(31)26(29)32)23(30)17-9-11-27-12-10-17/h9-12,15-16,22,30H,6-8,13-14H2,1-5H3. The molecule has 1 N–H and O–H groups in total. The lowest BCUT2D eigenvalue weighted by Gasteiger charge is -2.29. The molecule has 1 aromatic heterocycles. The molecule has 3 rings (SSSR count). The predicted molar refractivity (Wildman–Crippen MR) is 128 cm³/mol. The first kappa shape index (κ1) is 26.0. The molecule has 9 nitrogen and oxygen atoms in total. The van der Waals surface area contributed by atoms with Crippen LogP contribution in [0.15, 0.2) is 42.2 Å². The molecule has 1 fully saturated rings. The first-order valence-electron chi connectivity index (χ1n) is 11.7. The monoisotopic (exact) mass is 483 g/mol. The minimum atomic E-state index is -0.879. The van der Waals surface area contributed by atoms with Gasteiger partial charge in [0.2, 0.25) is 11.5 Å². The number of hydrogen-bond acceptors (Lipinski definition) is 7. The van der Waals surface area contributed by atoms with E-state index in [1.165, 1.54) is 55.7 Å². The SMILES string of the molecule is CC[NH+](CC)CCCN1C(=O)C(=O)C(=C([O-])c2ccncc2)C1c1cc(OC)c(OC)c(OC)c1. The fraction of sp³-hybridized carbons (Fsp3) is 0.423. The van der Waals surface area contributed by atoms with E-state index in [1.807, 2.05) is 0 Å². The molecule has 1 amide bonds. The van der Waals surface area contributed by atoms with Crippen molar-refractivity contribution in [3.63, 3.8) is 0 Å². The van der Waals surface area contributed by atoms with Crippen LogP contribution in [0.2, 0.25) is 0 Å². The molecule has 1 aliphatic rings. The first-order chi connectivity index (χ1) is 16.9. The molecule has 2 heterocycles. The van der Waals surface area contributed by atoms with Crippen LogP contribution in [-0.4, -0.2) is 69.1 Å². The number of benzene rings is 1. The first-order valence-corrected chi connectivity index (χ1v) is 11.7. The summed E-state index contributed by atoms with van der Waals surface area (Å²) in [5, 5.41) is 13.5. The number of rotatable bonds is 11. The minimum Gasteiger partial charge on any atom is -0.872 e. The Morgan fingerprint density at radius 3 is 2.14 bits per heavy atom. The molecular weight excluding hydrogens is 450 g/mol. The Balaban J connectivity index is 2.15. The molecule has 0 saturated carbocycles. The number of hydrogen-bond donors (Lipinski definition) is 1. The van der Waals surface area contributed by atoms with Crippen LogP contribution in [0.3, 0.4) is 0 Å². The summed E-state index contributed by atoms with van der Waals surface area (Å²) >= 11 is 0. The number of aromatic nitrogens is 1. The van der Waals surface area contributed by atoms with Gasteiger partial charge in [-0.3, -0.25) is 14.6 Å². The molecule has 2 aromatic rings. The Kier molecular flexibility index (Phi) is 8.70. The van der Waals surface area contributed by atoms with Crippen molar-refractivity contribution >= 4 is 17.4 Å². The quantitative estimate of drug-likeness (QED) is 0.284. The summed E-state index contributed by atoms with van der Waals surface area (Å²) in [4.78, 5) is 33.2. The maximum atomic E-state index is 13.5. The maximum absolute atomic E-state index is 13.5. The topological polar surface area (TPSA) is 105 Å². The van der Waals surface area contributed by atoms with Gasteiger partial charge in [0.25, 0.3) is 5.91 Å². The highest BCUT2D eigenvalue weighted by molar-refractivity contribution is 6.46. The zero-order valence-corrected chi connectivity index (χ0v) is 20.9. The summed E-state index contributed by atoms with van der Waals surface area (Å²) in [6.07, 6.45) is 3.65. The molecule has 1 aliphatic heterocycles. The van der Waals surface area contributed by atoms with Crippen molar-refractivity contribution in [3.05, 3.63) is 53.4 Å². The van der Waals surface area contributed by atoms with Crippen molar-refractivity contribution < 1.29 is 33.8 Å². The van der Waals surface area contributed by atoms with Crippen LogP contribution in [-0.2, 0) is 9.59 Å². The van der Waals surface area contributed by atoms with Gasteiger partial charge >= 0.3 is 0 Å². The second-order valence-electron chi connectivity index (χ2n) is 8.23. The summed E-state index contributed by atoms with van der Waals surface area (Å²) < 4.78 is 16.4. The van der Waals surface area contributed by atoms with E-state index in [4.69, 9.17) is 14.2 Å². The number of carbonyl (C=O) groups is 2. The summed E-state index contributed by atoms with van der Waals surface area (Å²) in [6, 6.07) is 5.55. The van der Waals surface area contributed by atoms with Gasteiger partial charge in [0.05, 0.1) is 47.0 Å². The van der Waals surface area contributed by atoms with Gasteiger partial charge in [0.15, 0.2) is 11.5 Å². The van der Waals surface area contributed by atoms with E-state index in [1.54, 1.807) is 12.1 Å². The Morgan fingerprint density at radius 1 is 1.03 bits per heavy atom. The second kappa shape index (κ2) is 11.7. The van der Waals surface area contributed by atoms with E-state index in [2.05, 4.69) is 18.8 Å². The Hall–Kier alpha value is -3.59. The van der Waals surface area contributed by atoms with Gasteiger partial charge in [-0.1, -0.05) is 5.76 Å². The van der Waals surface area contributed by atoms with Crippen molar-refractivity contribution in [2.75, 3.05) is 47.5 Å². The van der Waals surface area contributed by atoms with Crippen LogP contribution < -0.4 is 24.2 Å². The molecule has 0 radical (unpaired) electrons. The number of carbonyl (C=O) groups excluding carboxylic acids is 2. The van der Waals surface area contributed by atoms with Gasteiger partial charge in [-0.25, -0.2) is 0 Å². The largest absolute Gasteiger partial charge is 0.872 e. The smallest absolute Gasteiger partial charge is 0.295 e. The minimum absolute atomic E-state index is 0.0920. The van der Waals surface area contributed by atoms with E-state index >= 15 is 0 Å². The zero-order valence-electron chi connectivity index (χ0n) is 20.9. The Bertz CT molecular complexity index is 1060. The zero-order chi connectivity index (χ0) is 25.5. The Labute approximate surface area is 205 Å². The fourth-order valence-corrected chi connectivity index (χ4v) is 4.47. The van der Waals surface area contributed by atoms with E-state index in [0.717, 1.165) is 19.6 Å². The van der Waals surface area contributed by atoms with Crippen molar-refractivity contribution in [3.8, 4) is 17.2 Å². The lowest BCUT2D eigenvalue weighted by atomic mass is 9.95. The normalized spacial score (nSPS) is 17.2. The van der Waals surface area contributed by atoms with E-state index in [-0.39, 0.29) is 5.57 Å². The third-order valence-corrected chi connectivity index (χ3v) is 6.40. The second-order valence-corrected chi connectivity index (χ2v) is 8.23. The molecule has 1 atom stereocenters. The number of pyridine rings is 1. The van der Waals surface area contributed by atoms with Crippen LogP contribution >= 0.6 is 0 Å². The maximum Gasteiger partial charge on any atom is 0.295 e. The van der Waals surface area contributed by atoms with Crippen LogP contribution in [0, 0.1) is 0 Å². The lowest BCUT2D eigenvalue weighted by Crippen LogP contribution is -3.11. The number of amides is 1. The summed E-state index contributed by atoms with van der Waals surface area (Å²) in [5.41, 5.74) is 0.736. The molecule has 35 heavy (non-hydrogen) atoms. The van der Waals surface area contributed by atoms with Gasteiger partial charge in [-0.2, -0.15) is 0 Å². The molecule has 0 spiro atoms. The number of nitrogens with one attached hydrogen (secondary N) is 1. The van der Waals surface area contributed by atoms with E-state index in [9.17, 15) is 14.7 Å². The number of methoxy groups -OCH3 is 3. The summed E-state index contributed by atoms with van der Waals surface area (Å²) in [7, 11) is 4.47. The van der Waals surface area contributed by atoms with E-state index in [0.29, 0.717) is 41.3 Å². The number of likely N-dealkylation sites (tertiary alicyclic amines) is 1. The highest BCUT2D eigenvalue weighted by atomic mass is 16.5. The molecular formula is C26H33N3O6. The Morgan fingerprint density at radius 2 is 1.63 bits per heavy atom. The summed E-state index contributed by atoms with van der Waals surface area (Å²) in [5.74, 6) is -0.847. The number of ether oxygens (including phenoxy) is 3. The molecule has 1 unspecified atom stereocenters. The summed E-state index contributed by atoms with van der Waals surface area (Å²) in [6.45, 7) is 7.35.